The highest BCUT2D eigenvalue weighted by molar-refractivity contribution is 6.11. The Kier molecular flexibility index (Phi) is 6.57. The number of hydrogen-bond acceptors (Lipinski definition) is 7. The largest absolute Gasteiger partial charge is 0.507 e. The second-order valence-electron chi connectivity index (χ2n) is 6.78. The minimum absolute atomic E-state index is 0.00147. The molecule has 3 rings (SSSR count). The first-order valence-electron chi connectivity index (χ1n) is 9.34. The maximum atomic E-state index is 12.7. The molecule has 0 heterocycles. The third-order valence-corrected chi connectivity index (χ3v) is 4.28. The number of phenols is 2. The zero-order valence-corrected chi connectivity index (χ0v) is 16.8. The number of carbonyl (C=O) groups excluding carboxylic acids is 2. The van der Waals surface area contributed by atoms with Crippen LogP contribution < -0.4 is 0 Å². The molecule has 0 bridgehead atoms. The van der Waals surface area contributed by atoms with E-state index in [0.29, 0.717) is 22.4 Å². The molecule has 0 atom stereocenters. The van der Waals surface area contributed by atoms with Crippen molar-refractivity contribution in [3.63, 3.8) is 0 Å². The molecule has 0 saturated heterocycles. The number of azo groups is 1. The van der Waals surface area contributed by atoms with Crippen molar-refractivity contribution in [2.75, 3.05) is 0 Å². The van der Waals surface area contributed by atoms with Gasteiger partial charge in [0.05, 0.1) is 11.3 Å². The SMILES string of the molecule is C=C(C)C(=O)OCc1cccc(/N=N/c2cc(C(=O)c3ccccc3)c(O)cc2O)c1. The summed E-state index contributed by atoms with van der Waals surface area (Å²) in [5.41, 5.74) is 1.87. The average molecular weight is 416 g/mol. The van der Waals surface area contributed by atoms with Gasteiger partial charge in [-0.2, -0.15) is 5.11 Å². The van der Waals surface area contributed by atoms with Gasteiger partial charge in [-0.1, -0.05) is 49.0 Å². The van der Waals surface area contributed by atoms with Gasteiger partial charge < -0.3 is 14.9 Å². The Morgan fingerprint density at radius 1 is 0.935 bits per heavy atom. The van der Waals surface area contributed by atoms with Crippen molar-refractivity contribution >= 4 is 23.1 Å². The molecule has 3 aromatic rings. The number of ether oxygens (including phenoxy) is 1. The number of nitrogens with zero attached hydrogens (tertiary/aromatic N) is 2. The molecule has 0 fully saturated rings. The molecular formula is C24H20N2O5. The molecule has 0 spiro atoms. The first-order chi connectivity index (χ1) is 14.8. The van der Waals surface area contributed by atoms with Crippen LogP contribution in [0.5, 0.6) is 11.5 Å². The second kappa shape index (κ2) is 9.49. The molecular weight excluding hydrogens is 396 g/mol. The maximum Gasteiger partial charge on any atom is 0.333 e. The number of carbonyl (C=O) groups is 2. The van der Waals surface area contributed by atoms with Gasteiger partial charge in [-0.3, -0.25) is 4.79 Å². The predicted octanol–water partition coefficient (Wildman–Crippen LogP) is 5.36. The maximum absolute atomic E-state index is 12.7. The second-order valence-corrected chi connectivity index (χ2v) is 6.78. The molecule has 2 N–H and O–H groups in total. The lowest BCUT2D eigenvalue weighted by Gasteiger charge is -2.07. The Morgan fingerprint density at radius 2 is 1.68 bits per heavy atom. The van der Waals surface area contributed by atoms with E-state index < -0.39 is 11.8 Å². The topological polar surface area (TPSA) is 109 Å². The van der Waals surface area contributed by atoms with Crippen molar-refractivity contribution in [2.45, 2.75) is 13.5 Å². The predicted molar refractivity (Wildman–Crippen MR) is 115 cm³/mol. The summed E-state index contributed by atoms with van der Waals surface area (Å²) in [5, 5.41) is 28.3. The van der Waals surface area contributed by atoms with Gasteiger partial charge >= 0.3 is 5.97 Å². The van der Waals surface area contributed by atoms with Gasteiger partial charge in [0.2, 0.25) is 0 Å². The summed E-state index contributed by atoms with van der Waals surface area (Å²) in [6.45, 7) is 5.14. The number of aromatic hydroxyl groups is 2. The van der Waals surface area contributed by atoms with Crippen LogP contribution in [0.15, 0.2) is 89.1 Å². The van der Waals surface area contributed by atoms with Gasteiger partial charge in [-0.15, -0.1) is 5.11 Å². The van der Waals surface area contributed by atoms with Crippen LogP contribution in [0.4, 0.5) is 11.4 Å². The Morgan fingerprint density at radius 3 is 2.39 bits per heavy atom. The Balaban J connectivity index is 1.82. The summed E-state index contributed by atoms with van der Waals surface area (Å²) < 4.78 is 5.11. The van der Waals surface area contributed by atoms with E-state index in [1.165, 1.54) is 6.07 Å². The van der Waals surface area contributed by atoms with Crippen LogP contribution in [0.3, 0.4) is 0 Å². The third-order valence-electron chi connectivity index (χ3n) is 4.28. The summed E-state index contributed by atoms with van der Waals surface area (Å²) in [5.74, 6) is -1.57. The van der Waals surface area contributed by atoms with Crippen LogP contribution in [0.25, 0.3) is 0 Å². The van der Waals surface area contributed by atoms with E-state index in [1.54, 1.807) is 61.5 Å². The Bertz CT molecular complexity index is 1170. The molecule has 0 aromatic heterocycles. The van der Waals surface area contributed by atoms with E-state index in [0.717, 1.165) is 6.07 Å². The molecule has 7 heteroatoms. The molecule has 7 nitrogen and oxygen atoms in total. The van der Waals surface area contributed by atoms with E-state index in [2.05, 4.69) is 16.8 Å². The van der Waals surface area contributed by atoms with E-state index in [4.69, 9.17) is 4.74 Å². The van der Waals surface area contributed by atoms with Crippen LogP contribution in [0.1, 0.15) is 28.4 Å². The minimum atomic E-state index is -0.489. The summed E-state index contributed by atoms with van der Waals surface area (Å²) in [7, 11) is 0. The lowest BCUT2D eigenvalue weighted by atomic mass is 10.0. The molecule has 0 amide bonds. The van der Waals surface area contributed by atoms with E-state index in [9.17, 15) is 19.8 Å². The van der Waals surface area contributed by atoms with Crippen molar-refractivity contribution in [3.8, 4) is 11.5 Å². The van der Waals surface area contributed by atoms with E-state index >= 15 is 0 Å². The summed E-state index contributed by atoms with van der Waals surface area (Å²) in [4.78, 5) is 24.2. The molecule has 0 aliphatic carbocycles. The van der Waals surface area contributed by atoms with Gasteiger partial charge in [0.15, 0.2) is 5.78 Å². The monoisotopic (exact) mass is 416 g/mol. The van der Waals surface area contributed by atoms with Crippen LogP contribution in [-0.4, -0.2) is 22.0 Å². The Labute approximate surface area is 179 Å². The van der Waals surface area contributed by atoms with Gasteiger partial charge in [0.1, 0.15) is 23.8 Å². The molecule has 0 unspecified atom stereocenters. The smallest absolute Gasteiger partial charge is 0.333 e. The third kappa shape index (κ3) is 5.42. The quantitative estimate of drug-likeness (QED) is 0.233. The van der Waals surface area contributed by atoms with Crippen molar-refractivity contribution in [1.82, 2.24) is 0 Å². The molecule has 3 aromatic carbocycles. The van der Waals surface area contributed by atoms with Crippen LogP contribution in [-0.2, 0) is 16.1 Å². The number of hydrogen-bond donors (Lipinski definition) is 2. The van der Waals surface area contributed by atoms with Gasteiger partial charge in [-0.25, -0.2) is 4.79 Å². The lowest BCUT2D eigenvalue weighted by Crippen LogP contribution is -2.04. The zero-order valence-electron chi connectivity index (χ0n) is 16.8. The molecule has 156 valence electrons. The van der Waals surface area contributed by atoms with Crippen molar-refractivity contribution in [3.05, 3.63) is 95.6 Å². The molecule has 0 radical (unpaired) electrons. The molecule has 0 aliphatic heterocycles. The number of rotatable bonds is 7. The summed E-state index contributed by atoms with van der Waals surface area (Å²) in [6, 6.07) is 17.6. The lowest BCUT2D eigenvalue weighted by molar-refractivity contribution is -0.140. The summed E-state index contributed by atoms with van der Waals surface area (Å²) in [6.07, 6.45) is 0. The fraction of sp³-hybridized carbons (Fsp3) is 0.0833. The van der Waals surface area contributed by atoms with Crippen LogP contribution in [0, 0.1) is 0 Å². The van der Waals surface area contributed by atoms with Crippen molar-refractivity contribution in [2.24, 2.45) is 10.2 Å². The van der Waals surface area contributed by atoms with Gasteiger partial charge in [0.25, 0.3) is 0 Å². The van der Waals surface area contributed by atoms with Crippen LogP contribution >= 0.6 is 0 Å². The van der Waals surface area contributed by atoms with Crippen molar-refractivity contribution < 1.29 is 24.5 Å². The van der Waals surface area contributed by atoms with E-state index in [-0.39, 0.29) is 29.4 Å². The number of benzene rings is 3. The normalized spacial score (nSPS) is 10.7. The van der Waals surface area contributed by atoms with Crippen LogP contribution in [0.2, 0.25) is 0 Å². The number of esters is 1. The molecule has 0 saturated carbocycles. The van der Waals surface area contributed by atoms with Gasteiger partial charge in [-0.05, 0) is 30.7 Å². The zero-order chi connectivity index (χ0) is 22.4. The fourth-order valence-corrected chi connectivity index (χ4v) is 2.66. The number of phenolic OH excluding ortho intramolecular Hbond substituents is 2. The highest BCUT2D eigenvalue weighted by Gasteiger charge is 2.17. The fourth-order valence-electron chi connectivity index (χ4n) is 2.66. The highest BCUT2D eigenvalue weighted by Crippen LogP contribution is 2.35. The minimum Gasteiger partial charge on any atom is -0.507 e. The standard InChI is InChI=1S/C24H20N2O5/c1-15(2)24(30)31-14-16-7-6-10-18(11-16)25-26-20-12-19(21(27)13-22(20)28)23(29)17-8-4-3-5-9-17/h3-13,27-28H,1,14H2,2H3/b26-25+. The Hall–Kier alpha value is -4.26. The highest BCUT2D eigenvalue weighted by atomic mass is 16.5. The summed E-state index contributed by atoms with van der Waals surface area (Å²) >= 11 is 0. The van der Waals surface area contributed by atoms with E-state index in [1.807, 2.05) is 0 Å². The molecule has 0 aliphatic rings. The first-order valence-corrected chi connectivity index (χ1v) is 9.34. The first kappa shape index (κ1) is 21.4. The average Bonchev–Trinajstić information content (AvgIpc) is 2.77. The van der Waals surface area contributed by atoms with Crippen molar-refractivity contribution in [1.29, 1.82) is 0 Å². The molecule has 31 heavy (non-hydrogen) atoms. The van der Waals surface area contributed by atoms with Gasteiger partial charge in [0, 0.05) is 17.2 Å². The number of ketones is 1.